The summed E-state index contributed by atoms with van der Waals surface area (Å²) in [5.41, 5.74) is 1.19. The zero-order valence-corrected chi connectivity index (χ0v) is 11.8. The molecule has 0 fully saturated rings. The Hall–Kier alpha value is -2.29. The molecular formula is C17H18O3. The fourth-order valence-corrected chi connectivity index (χ4v) is 1.91. The number of hydrogen-bond acceptors (Lipinski definition) is 3. The number of para-hydroxylation sites is 1. The smallest absolute Gasteiger partial charge is 0.196 e. The molecule has 0 radical (unpaired) electrons. The van der Waals surface area contributed by atoms with E-state index in [-0.39, 0.29) is 5.78 Å². The summed E-state index contributed by atoms with van der Waals surface area (Å²) in [7, 11) is 1.56. The second-order valence-corrected chi connectivity index (χ2v) is 4.40. The average molecular weight is 270 g/mol. The van der Waals surface area contributed by atoms with E-state index in [4.69, 9.17) is 9.47 Å². The number of rotatable bonds is 6. The molecule has 0 spiro atoms. The highest BCUT2D eigenvalue weighted by Gasteiger charge is 2.13. The van der Waals surface area contributed by atoms with Crippen molar-refractivity contribution in [3.05, 3.63) is 59.7 Å². The van der Waals surface area contributed by atoms with Crippen molar-refractivity contribution in [3.63, 3.8) is 0 Å². The van der Waals surface area contributed by atoms with Gasteiger partial charge in [0, 0.05) is 5.56 Å². The maximum atomic E-state index is 12.4. The predicted octanol–water partition coefficient (Wildman–Crippen LogP) is 3.72. The van der Waals surface area contributed by atoms with Crippen LogP contribution in [0, 0.1) is 0 Å². The summed E-state index contributed by atoms with van der Waals surface area (Å²) in [6.07, 6.45) is 0.960. The van der Waals surface area contributed by atoms with Crippen LogP contribution >= 0.6 is 0 Å². The minimum Gasteiger partial charge on any atom is -0.496 e. The molecule has 0 saturated heterocycles. The lowest BCUT2D eigenvalue weighted by atomic mass is 10.0. The number of ketones is 1. The van der Waals surface area contributed by atoms with E-state index in [9.17, 15) is 4.79 Å². The van der Waals surface area contributed by atoms with Crippen molar-refractivity contribution in [2.45, 2.75) is 13.3 Å². The van der Waals surface area contributed by atoms with Gasteiger partial charge >= 0.3 is 0 Å². The van der Waals surface area contributed by atoms with Crippen LogP contribution in [0.5, 0.6) is 11.5 Å². The van der Waals surface area contributed by atoms with Gasteiger partial charge in [-0.15, -0.1) is 0 Å². The van der Waals surface area contributed by atoms with Crippen LogP contribution < -0.4 is 9.47 Å². The molecule has 0 unspecified atom stereocenters. The van der Waals surface area contributed by atoms with Gasteiger partial charge in [-0.2, -0.15) is 0 Å². The first kappa shape index (κ1) is 14.1. The Morgan fingerprint density at radius 1 is 1.05 bits per heavy atom. The van der Waals surface area contributed by atoms with Crippen LogP contribution in [0.3, 0.4) is 0 Å². The van der Waals surface area contributed by atoms with Crippen LogP contribution in [0.2, 0.25) is 0 Å². The topological polar surface area (TPSA) is 35.5 Å². The summed E-state index contributed by atoms with van der Waals surface area (Å²) in [6.45, 7) is 2.74. The Morgan fingerprint density at radius 2 is 1.75 bits per heavy atom. The fraction of sp³-hybridized carbons (Fsp3) is 0.235. The lowest BCUT2D eigenvalue weighted by molar-refractivity contribution is 0.103. The third-order valence-electron chi connectivity index (χ3n) is 2.94. The first-order valence-corrected chi connectivity index (χ1v) is 6.67. The first-order valence-electron chi connectivity index (χ1n) is 6.67. The van der Waals surface area contributed by atoms with Crippen molar-refractivity contribution < 1.29 is 14.3 Å². The largest absolute Gasteiger partial charge is 0.496 e. The highest BCUT2D eigenvalue weighted by Crippen LogP contribution is 2.22. The Morgan fingerprint density at radius 3 is 2.40 bits per heavy atom. The Labute approximate surface area is 119 Å². The molecule has 0 heterocycles. The van der Waals surface area contributed by atoms with Gasteiger partial charge in [0.1, 0.15) is 11.5 Å². The van der Waals surface area contributed by atoms with E-state index >= 15 is 0 Å². The van der Waals surface area contributed by atoms with Crippen LogP contribution in [0.4, 0.5) is 0 Å². The van der Waals surface area contributed by atoms with Gasteiger partial charge in [-0.25, -0.2) is 0 Å². The molecular weight excluding hydrogens is 252 g/mol. The van der Waals surface area contributed by atoms with Crippen LogP contribution in [0.1, 0.15) is 29.3 Å². The number of hydrogen-bond donors (Lipinski definition) is 0. The van der Waals surface area contributed by atoms with Crippen molar-refractivity contribution >= 4 is 5.78 Å². The summed E-state index contributed by atoms with van der Waals surface area (Å²) in [6, 6.07) is 14.4. The van der Waals surface area contributed by atoms with E-state index in [1.165, 1.54) is 0 Å². The van der Waals surface area contributed by atoms with E-state index in [0.717, 1.165) is 12.2 Å². The molecule has 0 bridgehead atoms. The summed E-state index contributed by atoms with van der Waals surface area (Å²) in [5.74, 6) is 1.32. The van der Waals surface area contributed by atoms with Gasteiger partial charge in [-0.1, -0.05) is 19.1 Å². The molecule has 0 atom stereocenters. The van der Waals surface area contributed by atoms with E-state index in [2.05, 4.69) is 6.92 Å². The van der Waals surface area contributed by atoms with E-state index < -0.39 is 0 Å². The zero-order valence-electron chi connectivity index (χ0n) is 11.8. The van der Waals surface area contributed by atoms with Crippen molar-refractivity contribution in [2.24, 2.45) is 0 Å². The van der Waals surface area contributed by atoms with Crippen LogP contribution in [0.25, 0.3) is 0 Å². The van der Waals surface area contributed by atoms with Crippen LogP contribution in [-0.2, 0) is 0 Å². The molecule has 0 aromatic heterocycles. The lowest BCUT2D eigenvalue weighted by Crippen LogP contribution is -2.04. The quantitative estimate of drug-likeness (QED) is 0.750. The number of carbonyl (C=O) groups is 1. The minimum absolute atomic E-state index is 0.0514. The number of benzene rings is 2. The second-order valence-electron chi connectivity index (χ2n) is 4.40. The third-order valence-corrected chi connectivity index (χ3v) is 2.94. The SMILES string of the molecule is CCCOc1ccc(C(=O)c2ccccc2OC)cc1. The predicted molar refractivity (Wildman–Crippen MR) is 78.7 cm³/mol. The second kappa shape index (κ2) is 6.75. The van der Waals surface area contributed by atoms with Gasteiger partial charge in [-0.3, -0.25) is 4.79 Å². The average Bonchev–Trinajstić information content (AvgIpc) is 2.52. The Kier molecular flexibility index (Phi) is 4.77. The molecule has 0 aliphatic rings. The monoisotopic (exact) mass is 270 g/mol. The molecule has 20 heavy (non-hydrogen) atoms. The fourth-order valence-electron chi connectivity index (χ4n) is 1.91. The number of methoxy groups -OCH3 is 1. The van der Waals surface area contributed by atoms with Gasteiger partial charge < -0.3 is 9.47 Å². The summed E-state index contributed by atoms with van der Waals surface area (Å²) in [5, 5.41) is 0. The van der Waals surface area contributed by atoms with Gasteiger partial charge in [0.05, 0.1) is 19.3 Å². The Balaban J connectivity index is 2.20. The molecule has 0 aliphatic heterocycles. The number of carbonyl (C=O) groups excluding carboxylic acids is 1. The molecule has 3 heteroatoms. The highest BCUT2D eigenvalue weighted by atomic mass is 16.5. The molecule has 0 N–H and O–H groups in total. The lowest BCUT2D eigenvalue weighted by Gasteiger charge is -2.08. The summed E-state index contributed by atoms with van der Waals surface area (Å²) < 4.78 is 10.7. The first-order chi connectivity index (χ1) is 9.76. The molecule has 0 saturated carbocycles. The molecule has 104 valence electrons. The molecule has 3 nitrogen and oxygen atoms in total. The van der Waals surface area contributed by atoms with E-state index in [0.29, 0.717) is 23.5 Å². The van der Waals surface area contributed by atoms with Crippen molar-refractivity contribution in [1.82, 2.24) is 0 Å². The van der Waals surface area contributed by atoms with Crippen molar-refractivity contribution in [2.75, 3.05) is 13.7 Å². The number of ether oxygens (including phenoxy) is 2. The molecule has 0 aliphatic carbocycles. The van der Waals surface area contributed by atoms with E-state index in [1.807, 2.05) is 24.3 Å². The molecule has 2 aromatic carbocycles. The summed E-state index contributed by atoms with van der Waals surface area (Å²) in [4.78, 5) is 12.4. The van der Waals surface area contributed by atoms with Gasteiger partial charge in [0.15, 0.2) is 5.78 Å². The van der Waals surface area contributed by atoms with Crippen molar-refractivity contribution in [1.29, 1.82) is 0 Å². The standard InChI is InChI=1S/C17H18O3/c1-3-12-20-14-10-8-13(9-11-14)17(18)15-6-4-5-7-16(15)19-2/h4-11H,3,12H2,1-2H3. The van der Waals surface area contributed by atoms with E-state index in [1.54, 1.807) is 31.4 Å². The zero-order chi connectivity index (χ0) is 14.4. The minimum atomic E-state index is -0.0514. The molecule has 0 amide bonds. The van der Waals surface area contributed by atoms with Crippen LogP contribution in [-0.4, -0.2) is 19.5 Å². The van der Waals surface area contributed by atoms with Gasteiger partial charge in [0.2, 0.25) is 0 Å². The third kappa shape index (κ3) is 3.18. The van der Waals surface area contributed by atoms with Gasteiger partial charge in [-0.05, 0) is 42.8 Å². The Bertz CT molecular complexity index is 573. The molecule has 2 aromatic rings. The molecule has 2 rings (SSSR count). The maximum Gasteiger partial charge on any atom is 0.196 e. The highest BCUT2D eigenvalue weighted by molar-refractivity contribution is 6.10. The maximum absolute atomic E-state index is 12.4. The normalized spacial score (nSPS) is 10.1. The van der Waals surface area contributed by atoms with Crippen molar-refractivity contribution in [3.8, 4) is 11.5 Å². The summed E-state index contributed by atoms with van der Waals surface area (Å²) >= 11 is 0. The van der Waals surface area contributed by atoms with Crippen LogP contribution in [0.15, 0.2) is 48.5 Å². The van der Waals surface area contributed by atoms with Gasteiger partial charge in [0.25, 0.3) is 0 Å².